The average molecular weight is 445 g/mol. The summed E-state index contributed by atoms with van der Waals surface area (Å²) in [6.45, 7) is 6.00. The van der Waals surface area contributed by atoms with Crippen LogP contribution in [-0.2, 0) is 14.8 Å². The van der Waals surface area contributed by atoms with Gasteiger partial charge in [0, 0.05) is 36.4 Å². The second-order valence-corrected chi connectivity index (χ2v) is 9.67. The average Bonchev–Trinajstić information content (AvgIpc) is 2.70. The van der Waals surface area contributed by atoms with Crippen molar-refractivity contribution in [2.24, 2.45) is 0 Å². The summed E-state index contributed by atoms with van der Waals surface area (Å²) in [5.74, 6) is -0.675. The molecular weight excluding hydrogens is 419 g/mol. The van der Waals surface area contributed by atoms with Crippen LogP contribution in [0.4, 0.5) is 10.1 Å². The summed E-state index contributed by atoms with van der Waals surface area (Å²) in [7, 11) is -3.79. The summed E-state index contributed by atoms with van der Waals surface area (Å²) in [4.78, 5) is 14.5. The van der Waals surface area contributed by atoms with E-state index >= 15 is 0 Å². The molecule has 7 nitrogen and oxygen atoms in total. The number of nitrogens with zero attached hydrogens (tertiary/aromatic N) is 3. The molecule has 2 aromatic carbocycles. The predicted molar refractivity (Wildman–Crippen MR) is 115 cm³/mol. The normalized spacial score (nSPS) is 20.2. The van der Waals surface area contributed by atoms with Crippen LogP contribution in [0, 0.1) is 24.1 Å². The van der Waals surface area contributed by atoms with Gasteiger partial charge in [0.2, 0.25) is 15.9 Å². The molecule has 0 bridgehead atoms. The monoisotopic (exact) mass is 444 g/mol. The number of hydrogen-bond donors (Lipinski definition) is 1. The molecule has 31 heavy (non-hydrogen) atoms. The Bertz CT molecular complexity index is 1120. The van der Waals surface area contributed by atoms with Crippen molar-refractivity contribution in [2.45, 2.75) is 37.8 Å². The van der Waals surface area contributed by atoms with Crippen LogP contribution in [-0.4, -0.2) is 55.2 Å². The van der Waals surface area contributed by atoms with Gasteiger partial charge < -0.3 is 5.32 Å². The zero-order chi connectivity index (χ0) is 22.8. The van der Waals surface area contributed by atoms with Crippen LogP contribution in [0.2, 0.25) is 0 Å². The Balaban J connectivity index is 1.70. The number of carbonyl (C=O) groups excluding carboxylic acids is 1. The molecule has 0 aromatic heterocycles. The largest absolute Gasteiger partial charge is 0.325 e. The lowest BCUT2D eigenvalue weighted by molar-refractivity contribution is -0.118. The number of rotatable bonds is 5. The number of sulfonamides is 1. The first kappa shape index (κ1) is 22.9. The van der Waals surface area contributed by atoms with Crippen molar-refractivity contribution in [3.05, 3.63) is 59.4 Å². The summed E-state index contributed by atoms with van der Waals surface area (Å²) >= 11 is 0. The lowest BCUT2D eigenvalue weighted by Gasteiger charge is -2.43. The molecule has 2 aromatic rings. The van der Waals surface area contributed by atoms with Gasteiger partial charge in [0.05, 0.1) is 23.1 Å². The number of halogens is 1. The van der Waals surface area contributed by atoms with E-state index in [1.807, 2.05) is 11.0 Å². The Labute approximate surface area is 182 Å². The second kappa shape index (κ2) is 9.14. The van der Waals surface area contributed by atoms with Crippen LogP contribution < -0.4 is 5.32 Å². The van der Waals surface area contributed by atoms with Crippen LogP contribution >= 0.6 is 0 Å². The molecule has 2 atom stereocenters. The fourth-order valence-corrected chi connectivity index (χ4v) is 5.85. The zero-order valence-corrected chi connectivity index (χ0v) is 18.5. The predicted octanol–water partition coefficient (Wildman–Crippen LogP) is 2.73. The van der Waals surface area contributed by atoms with Gasteiger partial charge in [-0.05, 0) is 51.1 Å². The number of amides is 1. The van der Waals surface area contributed by atoms with E-state index in [0.29, 0.717) is 24.3 Å². The Morgan fingerprint density at radius 2 is 1.84 bits per heavy atom. The third kappa shape index (κ3) is 4.93. The Morgan fingerprint density at radius 1 is 1.19 bits per heavy atom. The highest BCUT2D eigenvalue weighted by Crippen LogP contribution is 2.26. The minimum absolute atomic E-state index is 0.0719. The summed E-state index contributed by atoms with van der Waals surface area (Å²) < 4.78 is 41.5. The first-order valence-electron chi connectivity index (χ1n) is 9.94. The number of hydrogen-bond acceptors (Lipinski definition) is 5. The molecule has 0 spiro atoms. The molecule has 0 aliphatic carbocycles. The van der Waals surface area contributed by atoms with Gasteiger partial charge in [-0.3, -0.25) is 9.69 Å². The number of benzene rings is 2. The van der Waals surface area contributed by atoms with Gasteiger partial charge in [-0.1, -0.05) is 12.1 Å². The summed E-state index contributed by atoms with van der Waals surface area (Å²) in [5.41, 5.74) is 1.07. The van der Waals surface area contributed by atoms with Crippen molar-refractivity contribution in [1.29, 1.82) is 5.26 Å². The number of nitriles is 1. The Morgan fingerprint density at radius 3 is 2.48 bits per heavy atom. The highest BCUT2D eigenvalue weighted by atomic mass is 32.2. The fraction of sp³-hybridized carbons (Fsp3) is 0.364. The third-order valence-electron chi connectivity index (χ3n) is 5.36. The molecule has 164 valence electrons. The molecule has 1 heterocycles. The lowest BCUT2D eigenvalue weighted by Crippen LogP contribution is -2.59. The van der Waals surface area contributed by atoms with E-state index in [2.05, 4.69) is 5.32 Å². The molecule has 0 unspecified atom stereocenters. The van der Waals surface area contributed by atoms with Gasteiger partial charge in [-0.2, -0.15) is 9.57 Å². The highest BCUT2D eigenvalue weighted by molar-refractivity contribution is 7.89. The van der Waals surface area contributed by atoms with Crippen molar-refractivity contribution in [3.8, 4) is 6.07 Å². The van der Waals surface area contributed by atoms with Crippen LogP contribution in [0.1, 0.15) is 25.0 Å². The molecular formula is C22H25FN4O3S. The molecule has 0 saturated carbocycles. The minimum Gasteiger partial charge on any atom is -0.325 e. The molecule has 9 heteroatoms. The molecule has 1 saturated heterocycles. The van der Waals surface area contributed by atoms with Gasteiger partial charge >= 0.3 is 0 Å². The van der Waals surface area contributed by atoms with Crippen LogP contribution in [0.5, 0.6) is 0 Å². The van der Waals surface area contributed by atoms with E-state index in [4.69, 9.17) is 5.26 Å². The molecule has 1 aliphatic heterocycles. The van der Waals surface area contributed by atoms with E-state index in [9.17, 15) is 17.6 Å². The standard InChI is InChI=1S/C22H25FN4O3S/c1-15-12-26(14-22(28)25-21-9-5-8-20(23)17(21)3)13-16(2)27(15)31(29,30)19-7-4-6-18(10-19)11-24/h4-10,15-16H,12-14H2,1-3H3,(H,25,28)/t15-,16+. The molecule has 0 radical (unpaired) electrons. The second-order valence-electron chi connectivity index (χ2n) is 7.83. The highest BCUT2D eigenvalue weighted by Gasteiger charge is 2.38. The molecule has 1 N–H and O–H groups in total. The zero-order valence-electron chi connectivity index (χ0n) is 17.7. The SMILES string of the molecule is Cc1c(F)cccc1NC(=O)CN1C[C@@H](C)N(S(=O)(=O)c2cccc(C#N)c2)[C@@H](C)C1. The van der Waals surface area contributed by atoms with Gasteiger partial charge in [0.15, 0.2) is 0 Å². The lowest BCUT2D eigenvalue weighted by atomic mass is 10.1. The van der Waals surface area contributed by atoms with Gasteiger partial charge in [0.25, 0.3) is 0 Å². The first-order chi connectivity index (χ1) is 14.6. The fourth-order valence-electron chi connectivity index (χ4n) is 4.00. The van der Waals surface area contributed by atoms with Crippen molar-refractivity contribution in [1.82, 2.24) is 9.21 Å². The minimum atomic E-state index is -3.79. The van der Waals surface area contributed by atoms with Crippen LogP contribution in [0.15, 0.2) is 47.4 Å². The maximum atomic E-state index is 13.7. The molecule has 3 rings (SSSR count). The van der Waals surface area contributed by atoms with E-state index < -0.39 is 10.0 Å². The summed E-state index contributed by atoms with van der Waals surface area (Å²) in [6.07, 6.45) is 0. The molecule has 1 fully saturated rings. The Kier molecular flexibility index (Phi) is 6.74. The van der Waals surface area contributed by atoms with Gasteiger partial charge in [-0.25, -0.2) is 12.8 Å². The molecule has 1 amide bonds. The first-order valence-corrected chi connectivity index (χ1v) is 11.4. The van der Waals surface area contributed by atoms with Crippen LogP contribution in [0.3, 0.4) is 0 Å². The number of nitrogens with one attached hydrogen (secondary N) is 1. The van der Waals surface area contributed by atoms with Gasteiger partial charge in [0.1, 0.15) is 5.82 Å². The Hall–Kier alpha value is -2.80. The van der Waals surface area contributed by atoms with E-state index in [1.54, 1.807) is 39.0 Å². The number of carbonyl (C=O) groups is 1. The smallest absolute Gasteiger partial charge is 0.243 e. The maximum absolute atomic E-state index is 13.7. The quantitative estimate of drug-likeness (QED) is 0.765. The van der Waals surface area contributed by atoms with E-state index in [0.717, 1.165) is 0 Å². The summed E-state index contributed by atoms with van der Waals surface area (Å²) in [5, 5.41) is 11.8. The third-order valence-corrected chi connectivity index (χ3v) is 7.49. The van der Waals surface area contributed by atoms with Crippen molar-refractivity contribution >= 4 is 21.6 Å². The van der Waals surface area contributed by atoms with E-state index in [1.165, 1.54) is 28.6 Å². The van der Waals surface area contributed by atoms with Crippen molar-refractivity contribution < 1.29 is 17.6 Å². The topological polar surface area (TPSA) is 93.5 Å². The molecule has 1 aliphatic rings. The van der Waals surface area contributed by atoms with Gasteiger partial charge in [-0.15, -0.1) is 0 Å². The van der Waals surface area contributed by atoms with Crippen LogP contribution in [0.25, 0.3) is 0 Å². The van der Waals surface area contributed by atoms with Crippen molar-refractivity contribution in [3.63, 3.8) is 0 Å². The van der Waals surface area contributed by atoms with E-state index in [-0.39, 0.29) is 40.8 Å². The van der Waals surface area contributed by atoms with Crippen molar-refractivity contribution in [2.75, 3.05) is 25.0 Å². The maximum Gasteiger partial charge on any atom is 0.243 e. The number of anilines is 1. The number of piperazine rings is 1. The summed E-state index contributed by atoms with van der Waals surface area (Å²) in [6, 6.07) is 11.7.